The smallest absolute Gasteiger partial charge is 0.333 e. The summed E-state index contributed by atoms with van der Waals surface area (Å²) < 4.78 is 17.1. The predicted molar refractivity (Wildman–Crippen MR) is 119 cm³/mol. The molecule has 0 unspecified atom stereocenters. The van der Waals surface area contributed by atoms with Gasteiger partial charge in [0.2, 0.25) is 0 Å². The van der Waals surface area contributed by atoms with Crippen molar-refractivity contribution in [1.29, 1.82) is 0 Å². The Morgan fingerprint density at radius 2 is 1.44 bits per heavy atom. The largest absolute Gasteiger partial charge is 0.493 e. The Balaban J connectivity index is 1.71. The van der Waals surface area contributed by atoms with Crippen LogP contribution >= 0.6 is 0 Å². The molecule has 1 saturated heterocycles. The molecule has 0 aromatic heterocycles. The minimum Gasteiger partial charge on any atom is -0.493 e. The molecule has 32 heavy (non-hydrogen) atoms. The molecule has 0 saturated carbocycles. The third kappa shape index (κ3) is 4.59. The Hall–Kier alpha value is -3.81. The topological polar surface area (TPSA) is 85.4 Å². The first-order valence-corrected chi connectivity index (χ1v) is 10.1. The van der Waals surface area contributed by atoms with E-state index in [9.17, 15) is 14.4 Å². The van der Waals surface area contributed by atoms with Crippen LogP contribution in [0.25, 0.3) is 6.08 Å². The molecule has 168 valence electrons. The van der Waals surface area contributed by atoms with Gasteiger partial charge in [-0.25, -0.2) is 4.79 Å². The molecule has 4 amide bonds. The molecule has 0 bridgehead atoms. The Labute approximate surface area is 187 Å². The molecule has 1 heterocycles. The standard InChI is InChI=1S/C24H26N2O6/c1-15-7-6-8-16(2)21(15)32-12-11-31-19-10-9-17(14-20(19)30-5)13-18-22(27)25(3)24(29)26(4)23(18)28/h6-10,13-14H,11-12H2,1-5H3. The molecule has 1 aliphatic heterocycles. The fraction of sp³-hybridized carbons (Fsp3) is 0.292. The maximum atomic E-state index is 12.4. The second-order valence-electron chi connectivity index (χ2n) is 7.40. The number of para-hydroxylation sites is 1. The van der Waals surface area contributed by atoms with Gasteiger partial charge in [-0.05, 0) is 48.7 Å². The Morgan fingerprint density at radius 1 is 0.844 bits per heavy atom. The predicted octanol–water partition coefficient (Wildman–Crippen LogP) is 3.20. The number of benzene rings is 2. The number of aryl methyl sites for hydroxylation is 2. The van der Waals surface area contributed by atoms with Gasteiger partial charge in [0.15, 0.2) is 11.5 Å². The van der Waals surface area contributed by atoms with Crippen molar-refractivity contribution in [2.75, 3.05) is 34.4 Å². The number of urea groups is 1. The Bertz CT molecular complexity index is 1050. The monoisotopic (exact) mass is 438 g/mol. The van der Waals surface area contributed by atoms with E-state index in [1.807, 2.05) is 32.0 Å². The molecule has 0 spiro atoms. The normalized spacial score (nSPS) is 14.0. The molecule has 0 atom stereocenters. The molecule has 1 fully saturated rings. The van der Waals surface area contributed by atoms with Gasteiger partial charge in [-0.3, -0.25) is 19.4 Å². The quantitative estimate of drug-likeness (QED) is 0.375. The van der Waals surface area contributed by atoms with Crippen LogP contribution in [0.15, 0.2) is 42.0 Å². The van der Waals surface area contributed by atoms with Gasteiger partial charge in [0.05, 0.1) is 7.11 Å². The van der Waals surface area contributed by atoms with E-state index >= 15 is 0 Å². The lowest BCUT2D eigenvalue weighted by atomic mass is 10.1. The summed E-state index contributed by atoms with van der Waals surface area (Å²) in [6.45, 7) is 4.65. The maximum Gasteiger partial charge on any atom is 0.333 e. The fourth-order valence-corrected chi connectivity index (χ4v) is 3.36. The van der Waals surface area contributed by atoms with Gasteiger partial charge in [-0.2, -0.15) is 0 Å². The van der Waals surface area contributed by atoms with Crippen LogP contribution in [0, 0.1) is 13.8 Å². The first-order valence-electron chi connectivity index (χ1n) is 10.1. The number of carbonyl (C=O) groups excluding carboxylic acids is 3. The summed E-state index contributed by atoms with van der Waals surface area (Å²) in [5.74, 6) is 0.493. The van der Waals surface area contributed by atoms with E-state index in [0.29, 0.717) is 30.3 Å². The molecule has 8 heteroatoms. The zero-order chi connectivity index (χ0) is 23.4. The Morgan fingerprint density at radius 3 is 2.03 bits per heavy atom. The van der Waals surface area contributed by atoms with E-state index in [2.05, 4.69) is 0 Å². The van der Waals surface area contributed by atoms with E-state index < -0.39 is 17.8 Å². The van der Waals surface area contributed by atoms with Crippen LogP contribution in [0.5, 0.6) is 17.2 Å². The molecule has 8 nitrogen and oxygen atoms in total. The van der Waals surface area contributed by atoms with Crippen molar-refractivity contribution in [3.63, 3.8) is 0 Å². The average Bonchev–Trinajstić information content (AvgIpc) is 2.79. The van der Waals surface area contributed by atoms with Gasteiger partial charge in [-0.15, -0.1) is 0 Å². The summed E-state index contributed by atoms with van der Waals surface area (Å²) in [6.07, 6.45) is 1.43. The number of imide groups is 2. The third-order valence-corrected chi connectivity index (χ3v) is 5.14. The van der Waals surface area contributed by atoms with Crippen LogP contribution in [-0.4, -0.2) is 62.1 Å². The van der Waals surface area contributed by atoms with Crippen molar-refractivity contribution < 1.29 is 28.6 Å². The lowest BCUT2D eigenvalue weighted by Crippen LogP contribution is -2.52. The highest BCUT2D eigenvalue weighted by atomic mass is 16.5. The minimum absolute atomic E-state index is 0.104. The number of likely N-dealkylation sites (N-methyl/N-ethyl adjacent to an activating group) is 2. The number of ether oxygens (including phenoxy) is 3. The van der Waals surface area contributed by atoms with Gasteiger partial charge in [0, 0.05) is 14.1 Å². The number of hydrogen-bond acceptors (Lipinski definition) is 6. The molecule has 2 aromatic rings. The molecule has 3 rings (SSSR count). The lowest BCUT2D eigenvalue weighted by Gasteiger charge is -2.28. The average molecular weight is 438 g/mol. The van der Waals surface area contributed by atoms with Crippen LogP contribution in [0.2, 0.25) is 0 Å². The summed E-state index contributed by atoms with van der Waals surface area (Å²) in [5.41, 5.74) is 2.58. The zero-order valence-electron chi connectivity index (χ0n) is 18.8. The minimum atomic E-state index is -0.665. The van der Waals surface area contributed by atoms with Crippen LogP contribution in [0.1, 0.15) is 16.7 Å². The highest BCUT2D eigenvalue weighted by molar-refractivity contribution is 6.30. The maximum absolute atomic E-state index is 12.4. The van der Waals surface area contributed by atoms with E-state index in [-0.39, 0.29) is 5.57 Å². The van der Waals surface area contributed by atoms with Gasteiger partial charge in [0.1, 0.15) is 24.5 Å². The number of methoxy groups -OCH3 is 1. The van der Waals surface area contributed by atoms with Gasteiger partial charge in [0.25, 0.3) is 11.8 Å². The SMILES string of the molecule is COc1cc(C=C2C(=O)N(C)C(=O)N(C)C2=O)ccc1OCCOc1c(C)cccc1C. The van der Waals surface area contributed by atoms with Crippen molar-refractivity contribution in [2.45, 2.75) is 13.8 Å². The molecule has 1 aliphatic rings. The second-order valence-corrected chi connectivity index (χ2v) is 7.40. The van der Waals surface area contributed by atoms with E-state index in [1.165, 1.54) is 27.3 Å². The first-order chi connectivity index (χ1) is 15.2. The number of amides is 4. The lowest BCUT2D eigenvalue weighted by molar-refractivity contribution is -0.134. The molecule has 0 aliphatic carbocycles. The molecule has 0 radical (unpaired) electrons. The molecule has 0 N–H and O–H groups in total. The van der Waals surface area contributed by atoms with Gasteiger partial charge < -0.3 is 14.2 Å². The van der Waals surface area contributed by atoms with Crippen LogP contribution in [0.4, 0.5) is 4.79 Å². The van der Waals surface area contributed by atoms with E-state index in [0.717, 1.165) is 26.7 Å². The molecular weight excluding hydrogens is 412 g/mol. The van der Waals surface area contributed by atoms with Crippen molar-refractivity contribution >= 4 is 23.9 Å². The molecule has 2 aromatic carbocycles. The molecular formula is C24H26N2O6. The highest BCUT2D eigenvalue weighted by Gasteiger charge is 2.37. The summed E-state index contributed by atoms with van der Waals surface area (Å²) >= 11 is 0. The number of carbonyl (C=O) groups is 3. The second kappa shape index (κ2) is 9.55. The third-order valence-electron chi connectivity index (χ3n) is 5.14. The number of barbiturate groups is 1. The van der Waals surface area contributed by atoms with E-state index in [4.69, 9.17) is 14.2 Å². The summed E-state index contributed by atoms with van der Waals surface area (Å²) in [4.78, 5) is 38.4. The van der Waals surface area contributed by atoms with Crippen LogP contribution in [-0.2, 0) is 9.59 Å². The zero-order valence-corrected chi connectivity index (χ0v) is 18.8. The van der Waals surface area contributed by atoms with Gasteiger partial charge in [-0.1, -0.05) is 24.3 Å². The highest BCUT2D eigenvalue weighted by Crippen LogP contribution is 2.30. The summed E-state index contributed by atoms with van der Waals surface area (Å²) in [5, 5.41) is 0. The van der Waals surface area contributed by atoms with Crippen molar-refractivity contribution in [3.8, 4) is 17.2 Å². The summed E-state index contributed by atoms with van der Waals surface area (Å²) in [6, 6.07) is 10.4. The number of hydrogen-bond donors (Lipinski definition) is 0. The fourth-order valence-electron chi connectivity index (χ4n) is 3.36. The number of rotatable bonds is 7. The van der Waals surface area contributed by atoms with Crippen molar-refractivity contribution in [2.24, 2.45) is 0 Å². The Kier molecular flexibility index (Phi) is 6.82. The van der Waals surface area contributed by atoms with E-state index in [1.54, 1.807) is 18.2 Å². The van der Waals surface area contributed by atoms with Gasteiger partial charge >= 0.3 is 6.03 Å². The first kappa shape index (κ1) is 22.9. The van der Waals surface area contributed by atoms with Crippen molar-refractivity contribution in [3.05, 3.63) is 58.7 Å². The van der Waals surface area contributed by atoms with Crippen LogP contribution in [0.3, 0.4) is 0 Å². The van der Waals surface area contributed by atoms with Crippen molar-refractivity contribution in [1.82, 2.24) is 9.80 Å². The summed E-state index contributed by atoms with van der Waals surface area (Å²) in [7, 11) is 4.17. The van der Waals surface area contributed by atoms with Crippen LogP contribution < -0.4 is 14.2 Å². The number of nitrogens with zero attached hydrogens (tertiary/aromatic N) is 2.